The zero-order chi connectivity index (χ0) is 17.9. The van der Waals surface area contributed by atoms with Crippen LogP contribution in [0.25, 0.3) is 0 Å². The maximum absolute atomic E-state index is 4.34. The van der Waals surface area contributed by atoms with Gasteiger partial charge in [0, 0.05) is 50.2 Å². The number of aliphatic imine (C=N–C) groups is 1. The van der Waals surface area contributed by atoms with Gasteiger partial charge in [0.1, 0.15) is 0 Å². The van der Waals surface area contributed by atoms with E-state index in [0.29, 0.717) is 12.0 Å². The average Bonchev–Trinajstić information content (AvgIpc) is 2.65. The number of para-hydroxylation sites is 1. The zero-order valence-corrected chi connectivity index (χ0v) is 15.4. The quantitative estimate of drug-likeness (QED) is 0.511. The number of benzene rings is 1. The molecule has 0 aliphatic heterocycles. The van der Waals surface area contributed by atoms with E-state index in [9.17, 15) is 0 Å². The Morgan fingerprint density at radius 1 is 1.04 bits per heavy atom. The van der Waals surface area contributed by atoms with E-state index in [0.717, 1.165) is 36.9 Å². The molecule has 1 aromatic carbocycles. The number of anilines is 1. The van der Waals surface area contributed by atoms with Crippen LogP contribution in [-0.2, 0) is 6.42 Å². The molecule has 5 heteroatoms. The summed E-state index contributed by atoms with van der Waals surface area (Å²) >= 11 is 0. The molecule has 2 rings (SSSR count). The first-order valence-corrected chi connectivity index (χ1v) is 8.85. The fourth-order valence-corrected chi connectivity index (χ4v) is 2.48. The molecule has 0 saturated heterocycles. The standard InChI is InChI=1S/C20H29N5/c1-16(2)19(25-18-10-5-4-6-11-18)15-24-20(21-3)23-14-12-17-9-7-8-13-22-17/h4-11,13,16,19,25H,12,14-15H2,1-3H3,(H2,21,23,24). The highest BCUT2D eigenvalue weighted by molar-refractivity contribution is 5.79. The summed E-state index contributed by atoms with van der Waals surface area (Å²) in [5.74, 6) is 1.32. The van der Waals surface area contributed by atoms with Crippen LogP contribution in [0.1, 0.15) is 19.5 Å². The summed E-state index contributed by atoms with van der Waals surface area (Å²) in [7, 11) is 1.80. The molecule has 3 N–H and O–H groups in total. The Labute approximate surface area is 151 Å². The van der Waals surface area contributed by atoms with Gasteiger partial charge in [-0.05, 0) is 30.2 Å². The van der Waals surface area contributed by atoms with E-state index in [2.05, 4.69) is 51.9 Å². The van der Waals surface area contributed by atoms with E-state index in [-0.39, 0.29) is 0 Å². The second kappa shape index (κ2) is 10.3. The van der Waals surface area contributed by atoms with Gasteiger partial charge in [-0.15, -0.1) is 0 Å². The lowest BCUT2D eigenvalue weighted by Gasteiger charge is -2.25. The van der Waals surface area contributed by atoms with Crippen molar-refractivity contribution in [1.82, 2.24) is 15.6 Å². The summed E-state index contributed by atoms with van der Waals surface area (Å²) in [6.07, 6.45) is 2.70. The molecule has 0 aliphatic rings. The van der Waals surface area contributed by atoms with Gasteiger partial charge in [-0.1, -0.05) is 38.1 Å². The van der Waals surface area contributed by atoms with E-state index < -0.39 is 0 Å². The van der Waals surface area contributed by atoms with Crippen LogP contribution in [0, 0.1) is 5.92 Å². The minimum absolute atomic E-state index is 0.316. The zero-order valence-electron chi connectivity index (χ0n) is 15.4. The van der Waals surface area contributed by atoms with Crippen LogP contribution in [0.4, 0.5) is 5.69 Å². The molecule has 2 aromatic rings. The maximum Gasteiger partial charge on any atom is 0.191 e. The fraction of sp³-hybridized carbons (Fsp3) is 0.400. The van der Waals surface area contributed by atoms with Crippen molar-refractivity contribution in [2.75, 3.05) is 25.5 Å². The molecule has 5 nitrogen and oxygen atoms in total. The Kier molecular flexibility index (Phi) is 7.76. The highest BCUT2D eigenvalue weighted by Crippen LogP contribution is 2.11. The summed E-state index contributed by atoms with van der Waals surface area (Å²) < 4.78 is 0. The Morgan fingerprint density at radius 2 is 1.80 bits per heavy atom. The van der Waals surface area contributed by atoms with Gasteiger partial charge in [-0.3, -0.25) is 9.98 Å². The molecule has 25 heavy (non-hydrogen) atoms. The summed E-state index contributed by atoms with van der Waals surface area (Å²) in [4.78, 5) is 8.64. The Hall–Kier alpha value is -2.56. The van der Waals surface area contributed by atoms with Crippen LogP contribution in [0.3, 0.4) is 0 Å². The first kappa shape index (κ1) is 18.8. The van der Waals surface area contributed by atoms with Crippen molar-refractivity contribution in [3.05, 3.63) is 60.4 Å². The number of pyridine rings is 1. The molecule has 1 heterocycles. The van der Waals surface area contributed by atoms with Crippen molar-refractivity contribution in [2.45, 2.75) is 26.3 Å². The van der Waals surface area contributed by atoms with Gasteiger partial charge < -0.3 is 16.0 Å². The second-order valence-corrected chi connectivity index (χ2v) is 6.31. The van der Waals surface area contributed by atoms with Crippen LogP contribution in [0.15, 0.2) is 59.7 Å². The fourth-order valence-electron chi connectivity index (χ4n) is 2.48. The molecular weight excluding hydrogens is 310 g/mol. The third kappa shape index (κ3) is 6.83. The van der Waals surface area contributed by atoms with Gasteiger partial charge in [0.25, 0.3) is 0 Å². The average molecular weight is 339 g/mol. The smallest absolute Gasteiger partial charge is 0.191 e. The van der Waals surface area contributed by atoms with Crippen molar-refractivity contribution in [3.63, 3.8) is 0 Å². The molecule has 0 fully saturated rings. The lowest BCUT2D eigenvalue weighted by Crippen LogP contribution is -2.45. The SMILES string of the molecule is CN=C(NCCc1ccccn1)NCC(Nc1ccccc1)C(C)C. The molecule has 1 atom stereocenters. The van der Waals surface area contributed by atoms with Crippen molar-refractivity contribution in [1.29, 1.82) is 0 Å². The minimum atomic E-state index is 0.316. The molecule has 0 aliphatic carbocycles. The lowest BCUT2D eigenvalue weighted by molar-refractivity contribution is 0.512. The van der Waals surface area contributed by atoms with Crippen LogP contribution in [0.2, 0.25) is 0 Å². The summed E-state index contributed by atoms with van der Waals surface area (Å²) in [5.41, 5.74) is 2.22. The first-order chi connectivity index (χ1) is 12.2. The molecule has 1 unspecified atom stereocenters. The van der Waals surface area contributed by atoms with Gasteiger partial charge in [-0.2, -0.15) is 0 Å². The number of hydrogen-bond donors (Lipinski definition) is 3. The Balaban J connectivity index is 1.79. The Bertz CT molecular complexity index is 625. The van der Waals surface area contributed by atoms with Crippen LogP contribution < -0.4 is 16.0 Å². The predicted octanol–water partition coefficient (Wildman–Crippen LogP) is 2.93. The van der Waals surface area contributed by atoms with Gasteiger partial charge in [0.15, 0.2) is 5.96 Å². The number of guanidine groups is 1. The number of hydrogen-bond acceptors (Lipinski definition) is 3. The molecule has 134 valence electrons. The van der Waals surface area contributed by atoms with Gasteiger partial charge in [0.05, 0.1) is 0 Å². The molecular formula is C20H29N5. The van der Waals surface area contributed by atoms with Crippen LogP contribution in [-0.4, -0.2) is 37.1 Å². The monoisotopic (exact) mass is 339 g/mol. The summed E-state index contributed by atoms with van der Waals surface area (Å²) in [6.45, 7) is 6.05. The van der Waals surface area contributed by atoms with E-state index in [1.165, 1.54) is 0 Å². The number of rotatable bonds is 8. The van der Waals surface area contributed by atoms with E-state index >= 15 is 0 Å². The molecule has 0 bridgehead atoms. The van der Waals surface area contributed by atoms with Crippen molar-refractivity contribution >= 4 is 11.6 Å². The molecule has 0 spiro atoms. The lowest BCUT2D eigenvalue weighted by atomic mass is 10.0. The van der Waals surface area contributed by atoms with E-state index in [1.54, 1.807) is 7.05 Å². The molecule has 0 saturated carbocycles. The largest absolute Gasteiger partial charge is 0.380 e. The number of nitrogens with zero attached hydrogens (tertiary/aromatic N) is 2. The van der Waals surface area contributed by atoms with Gasteiger partial charge in [-0.25, -0.2) is 0 Å². The topological polar surface area (TPSA) is 61.3 Å². The summed E-state index contributed by atoms with van der Waals surface area (Å²) in [6, 6.07) is 16.6. The molecule has 0 radical (unpaired) electrons. The van der Waals surface area contributed by atoms with Gasteiger partial charge >= 0.3 is 0 Å². The molecule has 0 amide bonds. The normalized spacial score (nSPS) is 12.7. The number of nitrogens with one attached hydrogen (secondary N) is 3. The summed E-state index contributed by atoms with van der Waals surface area (Å²) in [5, 5.41) is 10.3. The third-order valence-corrected chi connectivity index (χ3v) is 4.04. The maximum atomic E-state index is 4.34. The minimum Gasteiger partial charge on any atom is -0.380 e. The second-order valence-electron chi connectivity index (χ2n) is 6.31. The Morgan fingerprint density at radius 3 is 2.44 bits per heavy atom. The first-order valence-electron chi connectivity index (χ1n) is 8.85. The highest BCUT2D eigenvalue weighted by atomic mass is 15.2. The van der Waals surface area contributed by atoms with E-state index in [4.69, 9.17) is 0 Å². The van der Waals surface area contributed by atoms with Crippen molar-refractivity contribution in [3.8, 4) is 0 Å². The highest BCUT2D eigenvalue weighted by Gasteiger charge is 2.13. The van der Waals surface area contributed by atoms with Crippen molar-refractivity contribution in [2.24, 2.45) is 10.9 Å². The number of aromatic nitrogens is 1. The van der Waals surface area contributed by atoms with Crippen molar-refractivity contribution < 1.29 is 0 Å². The van der Waals surface area contributed by atoms with Crippen LogP contribution >= 0.6 is 0 Å². The predicted molar refractivity (Wildman–Crippen MR) is 106 cm³/mol. The van der Waals surface area contributed by atoms with E-state index in [1.807, 2.05) is 42.6 Å². The van der Waals surface area contributed by atoms with Crippen LogP contribution in [0.5, 0.6) is 0 Å². The van der Waals surface area contributed by atoms with Gasteiger partial charge in [0.2, 0.25) is 0 Å². The third-order valence-electron chi connectivity index (χ3n) is 4.04. The molecule has 1 aromatic heterocycles.